The molecule has 0 radical (unpaired) electrons. The third kappa shape index (κ3) is 2.95. The molecule has 0 saturated heterocycles. The van der Waals surface area contributed by atoms with E-state index >= 15 is 0 Å². The van der Waals surface area contributed by atoms with Crippen molar-refractivity contribution in [3.05, 3.63) is 17.8 Å². The lowest BCUT2D eigenvalue weighted by Crippen LogP contribution is -2.18. The quantitative estimate of drug-likeness (QED) is 0.717. The molecule has 15 heavy (non-hydrogen) atoms. The minimum Gasteiger partial charge on any atom is -0.478 e. The zero-order valence-electron chi connectivity index (χ0n) is 8.27. The summed E-state index contributed by atoms with van der Waals surface area (Å²) in [6.45, 7) is 1.85. The average Bonchev–Trinajstić information content (AvgIpc) is 2.18. The molecule has 0 amide bonds. The molecule has 0 aliphatic heterocycles. The molecule has 1 rings (SSSR count). The van der Waals surface area contributed by atoms with Crippen molar-refractivity contribution in [1.29, 1.82) is 0 Å². The summed E-state index contributed by atoms with van der Waals surface area (Å²) in [4.78, 5) is 10.8. The third-order valence-corrected chi connectivity index (χ3v) is 1.76. The van der Waals surface area contributed by atoms with E-state index in [4.69, 9.17) is 11.5 Å². The number of carboxylic acid groups (broad SMARTS) is 1. The molecule has 0 fully saturated rings. The summed E-state index contributed by atoms with van der Waals surface area (Å²) in [5.74, 6) is 1.68. The summed E-state index contributed by atoms with van der Waals surface area (Å²) in [7, 11) is 0. The minimum atomic E-state index is -1.04. The zero-order valence-corrected chi connectivity index (χ0v) is 8.27. The Labute approximate surface area is 87.5 Å². The van der Waals surface area contributed by atoms with Crippen LogP contribution >= 0.6 is 0 Å². The van der Waals surface area contributed by atoms with E-state index in [0.29, 0.717) is 6.42 Å². The van der Waals surface area contributed by atoms with E-state index in [1.54, 1.807) is 0 Å². The second kappa shape index (κ2) is 4.96. The number of terminal acetylenes is 1. The number of carbonyl (C=O) groups is 1. The Morgan fingerprint density at radius 2 is 2.53 bits per heavy atom. The highest BCUT2D eigenvalue weighted by molar-refractivity contribution is 5.92. The van der Waals surface area contributed by atoms with Gasteiger partial charge >= 0.3 is 5.97 Å². The number of hydrogen-bond acceptors (Lipinski definition) is 4. The molecular weight excluding hydrogens is 194 g/mol. The Bertz CT molecular complexity index is 398. The zero-order chi connectivity index (χ0) is 11.3. The summed E-state index contributed by atoms with van der Waals surface area (Å²) in [6, 6.07) is 1.35. The van der Waals surface area contributed by atoms with Gasteiger partial charge in [-0.3, -0.25) is 0 Å². The van der Waals surface area contributed by atoms with Crippen LogP contribution in [0.15, 0.2) is 12.3 Å². The van der Waals surface area contributed by atoms with Crippen molar-refractivity contribution in [2.45, 2.75) is 19.4 Å². The third-order valence-electron chi connectivity index (χ3n) is 1.76. The SMILES string of the molecule is C#CCC(C)Nc1nnccc1C(=O)O. The van der Waals surface area contributed by atoms with Crippen LogP contribution in [0.4, 0.5) is 5.82 Å². The van der Waals surface area contributed by atoms with Gasteiger partial charge < -0.3 is 10.4 Å². The lowest BCUT2D eigenvalue weighted by Gasteiger charge is -2.12. The second-order valence-electron chi connectivity index (χ2n) is 3.05. The molecule has 1 atom stereocenters. The highest BCUT2D eigenvalue weighted by atomic mass is 16.4. The van der Waals surface area contributed by atoms with Crippen LogP contribution in [0.1, 0.15) is 23.7 Å². The highest BCUT2D eigenvalue weighted by Gasteiger charge is 2.12. The van der Waals surface area contributed by atoms with Gasteiger partial charge in [0.05, 0.1) is 6.20 Å². The van der Waals surface area contributed by atoms with Gasteiger partial charge in [-0.2, -0.15) is 5.10 Å². The lowest BCUT2D eigenvalue weighted by molar-refractivity contribution is 0.0697. The van der Waals surface area contributed by atoms with Gasteiger partial charge in [0.1, 0.15) is 5.56 Å². The molecule has 5 heteroatoms. The minimum absolute atomic E-state index is 0.0372. The number of hydrogen-bond donors (Lipinski definition) is 2. The summed E-state index contributed by atoms with van der Waals surface area (Å²) in [5, 5.41) is 19.1. The van der Waals surface area contributed by atoms with Crippen molar-refractivity contribution in [1.82, 2.24) is 10.2 Å². The summed E-state index contributed by atoms with van der Waals surface area (Å²) < 4.78 is 0. The molecule has 0 saturated carbocycles. The number of aromatic nitrogens is 2. The topological polar surface area (TPSA) is 75.1 Å². The smallest absolute Gasteiger partial charge is 0.339 e. The molecule has 0 aliphatic carbocycles. The first-order chi connectivity index (χ1) is 7.15. The number of nitrogens with one attached hydrogen (secondary N) is 1. The molecule has 0 spiro atoms. The largest absolute Gasteiger partial charge is 0.478 e. The molecule has 0 bridgehead atoms. The standard InChI is InChI=1S/C10H11N3O2/c1-3-4-7(2)12-9-8(10(14)15)5-6-11-13-9/h1,5-7H,4H2,2H3,(H,12,13)(H,14,15). The number of anilines is 1. The summed E-state index contributed by atoms with van der Waals surface area (Å²) in [6.07, 6.45) is 6.97. The van der Waals surface area contributed by atoms with Gasteiger partial charge in [0.15, 0.2) is 5.82 Å². The number of aromatic carboxylic acids is 1. The maximum Gasteiger partial charge on any atom is 0.339 e. The lowest BCUT2D eigenvalue weighted by atomic mass is 10.2. The molecule has 2 N–H and O–H groups in total. The normalized spacial score (nSPS) is 11.5. The highest BCUT2D eigenvalue weighted by Crippen LogP contribution is 2.11. The van der Waals surface area contributed by atoms with Crippen molar-refractivity contribution in [2.75, 3.05) is 5.32 Å². The molecule has 1 aromatic rings. The number of nitrogens with zero attached hydrogens (tertiary/aromatic N) is 2. The van der Waals surface area contributed by atoms with E-state index in [1.807, 2.05) is 6.92 Å². The first kappa shape index (κ1) is 11.0. The van der Waals surface area contributed by atoms with Crippen LogP contribution in [0, 0.1) is 12.3 Å². The molecule has 1 heterocycles. The first-order valence-electron chi connectivity index (χ1n) is 4.40. The van der Waals surface area contributed by atoms with Crippen LogP contribution in [-0.2, 0) is 0 Å². The van der Waals surface area contributed by atoms with Crippen molar-refractivity contribution in [3.8, 4) is 12.3 Å². The van der Waals surface area contributed by atoms with Crippen LogP contribution in [0.25, 0.3) is 0 Å². The first-order valence-corrected chi connectivity index (χ1v) is 4.40. The summed E-state index contributed by atoms with van der Waals surface area (Å²) in [5.41, 5.74) is 0.0915. The van der Waals surface area contributed by atoms with Gasteiger partial charge in [-0.1, -0.05) is 0 Å². The molecule has 0 aliphatic rings. The van der Waals surface area contributed by atoms with Gasteiger partial charge in [-0.15, -0.1) is 17.4 Å². The number of carboxylic acids is 1. The van der Waals surface area contributed by atoms with Gasteiger partial charge in [-0.05, 0) is 13.0 Å². The average molecular weight is 205 g/mol. The van der Waals surface area contributed by atoms with E-state index in [0.717, 1.165) is 0 Å². The summed E-state index contributed by atoms with van der Waals surface area (Å²) >= 11 is 0. The van der Waals surface area contributed by atoms with Crippen molar-refractivity contribution < 1.29 is 9.90 Å². The Kier molecular flexibility index (Phi) is 3.63. The Hall–Kier alpha value is -2.09. The maximum absolute atomic E-state index is 10.8. The molecule has 0 aromatic carbocycles. The van der Waals surface area contributed by atoms with Gasteiger partial charge in [0, 0.05) is 12.5 Å². The predicted octanol–water partition coefficient (Wildman–Crippen LogP) is 0.998. The number of rotatable bonds is 4. The van der Waals surface area contributed by atoms with Crippen LogP contribution in [0.3, 0.4) is 0 Å². The predicted molar refractivity (Wildman–Crippen MR) is 55.5 cm³/mol. The van der Waals surface area contributed by atoms with Crippen molar-refractivity contribution >= 4 is 11.8 Å². The van der Waals surface area contributed by atoms with E-state index < -0.39 is 5.97 Å². The maximum atomic E-state index is 10.8. The van der Waals surface area contributed by atoms with Crippen LogP contribution in [0.2, 0.25) is 0 Å². The molecule has 1 aromatic heterocycles. The van der Waals surface area contributed by atoms with E-state index in [-0.39, 0.29) is 17.4 Å². The fourth-order valence-corrected chi connectivity index (χ4v) is 1.07. The molecular formula is C10H11N3O2. The van der Waals surface area contributed by atoms with Crippen molar-refractivity contribution in [2.24, 2.45) is 0 Å². The Balaban J connectivity index is 2.85. The Morgan fingerprint density at radius 3 is 3.13 bits per heavy atom. The monoisotopic (exact) mass is 205 g/mol. The van der Waals surface area contributed by atoms with Crippen molar-refractivity contribution in [3.63, 3.8) is 0 Å². The van der Waals surface area contributed by atoms with Crippen LogP contribution in [-0.4, -0.2) is 27.3 Å². The second-order valence-corrected chi connectivity index (χ2v) is 3.05. The van der Waals surface area contributed by atoms with Gasteiger partial charge in [0.25, 0.3) is 0 Å². The van der Waals surface area contributed by atoms with E-state index in [1.165, 1.54) is 12.3 Å². The Morgan fingerprint density at radius 1 is 1.80 bits per heavy atom. The molecule has 1 unspecified atom stereocenters. The molecule has 78 valence electrons. The van der Waals surface area contributed by atoms with Gasteiger partial charge in [-0.25, -0.2) is 4.79 Å². The van der Waals surface area contributed by atoms with Crippen LogP contribution in [0.5, 0.6) is 0 Å². The fourth-order valence-electron chi connectivity index (χ4n) is 1.07. The van der Waals surface area contributed by atoms with Gasteiger partial charge in [0.2, 0.25) is 0 Å². The van der Waals surface area contributed by atoms with E-state index in [2.05, 4.69) is 21.4 Å². The van der Waals surface area contributed by atoms with E-state index in [9.17, 15) is 4.79 Å². The molecule has 5 nitrogen and oxygen atoms in total. The fraction of sp³-hybridized carbons (Fsp3) is 0.300. The van der Waals surface area contributed by atoms with Crippen LogP contribution < -0.4 is 5.32 Å².